The monoisotopic (exact) mass is 297 g/mol. The Morgan fingerprint density at radius 2 is 1.95 bits per heavy atom. The van der Waals surface area contributed by atoms with E-state index in [0.29, 0.717) is 0 Å². The molecule has 0 saturated heterocycles. The van der Waals surface area contributed by atoms with Gasteiger partial charge in [-0.1, -0.05) is 18.2 Å². The second kappa shape index (κ2) is 5.83. The molecular weight excluding hydrogens is 282 g/mol. The number of thiophene rings is 1. The van der Waals surface area contributed by atoms with E-state index in [0.717, 1.165) is 10.4 Å². The molecule has 1 heterocycles. The Morgan fingerprint density at radius 3 is 2.53 bits per heavy atom. The number of hydrogen-bond donors (Lipinski definition) is 2. The van der Waals surface area contributed by atoms with Crippen LogP contribution in [0.15, 0.2) is 46.7 Å². The van der Waals surface area contributed by atoms with Crippen molar-refractivity contribution >= 4 is 21.4 Å². The first-order valence-corrected chi connectivity index (χ1v) is 8.14. The first-order valence-electron chi connectivity index (χ1n) is 5.77. The van der Waals surface area contributed by atoms with Gasteiger partial charge in [-0.05, 0) is 36.1 Å². The molecule has 0 bridgehead atoms. The lowest BCUT2D eigenvalue weighted by Gasteiger charge is -2.12. The highest BCUT2D eigenvalue weighted by Crippen LogP contribution is 2.23. The average molecular weight is 297 g/mol. The standard InChI is InChI=1S/C13H15NO3S2/c1-10-7-8-18-13(10)12(15)9-14-19(16,17)11-5-3-2-4-6-11/h2-8,12,14-15H,9H2,1H3. The number of aliphatic hydroxyl groups excluding tert-OH is 1. The zero-order valence-electron chi connectivity index (χ0n) is 10.4. The van der Waals surface area contributed by atoms with Crippen molar-refractivity contribution in [3.63, 3.8) is 0 Å². The van der Waals surface area contributed by atoms with Gasteiger partial charge in [0.1, 0.15) is 6.10 Å². The molecule has 6 heteroatoms. The molecule has 2 N–H and O–H groups in total. The molecule has 0 fully saturated rings. The lowest BCUT2D eigenvalue weighted by molar-refractivity contribution is 0.185. The van der Waals surface area contributed by atoms with Crippen molar-refractivity contribution in [2.24, 2.45) is 0 Å². The molecule has 0 aliphatic carbocycles. The SMILES string of the molecule is Cc1ccsc1C(O)CNS(=O)(=O)c1ccccc1. The van der Waals surface area contributed by atoms with Gasteiger partial charge in [-0.3, -0.25) is 0 Å². The van der Waals surface area contributed by atoms with Crippen molar-refractivity contribution in [1.82, 2.24) is 4.72 Å². The number of sulfonamides is 1. The van der Waals surface area contributed by atoms with Crippen LogP contribution in [0.25, 0.3) is 0 Å². The summed E-state index contributed by atoms with van der Waals surface area (Å²) in [5.74, 6) is 0. The maximum Gasteiger partial charge on any atom is 0.240 e. The molecule has 4 nitrogen and oxygen atoms in total. The van der Waals surface area contributed by atoms with Gasteiger partial charge in [0.05, 0.1) is 4.90 Å². The van der Waals surface area contributed by atoms with E-state index in [1.807, 2.05) is 18.4 Å². The smallest absolute Gasteiger partial charge is 0.240 e. The molecule has 1 aromatic heterocycles. The van der Waals surface area contributed by atoms with E-state index < -0.39 is 16.1 Å². The second-order valence-corrected chi connectivity index (χ2v) is 6.86. The van der Waals surface area contributed by atoms with Crippen molar-refractivity contribution in [2.45, 2.75) is 17.9 Å². The zero-order valence-corrected chi connectivity index (χ0v) is 12.0. The maximum atomic E-state index is 12.0. The van der Waals surface area contributed by atoms with Gasteiger partial charge in [-0.15, -0.1) is 11.3 Å². The third kappa shape index (κ3) is 3.42. The molecule has 0 amide bonds. The van der Waals surface area contributed by atoms with Gasteiger partial charge in [-0.25, -0.2) is 13.1 Å². The highest BCUT2D eigenvalue weighted by atomic mass is 32.2. The Morgan fingerprint density at radius 1 is 1.26 bits per heavy atom. The molecule has 0 radical (unpaired) electrons. The van der Waals surface area contributed by atoms with E-state index in [-0.39, 0.29) is 11.4 Å². The molecule has 0 aliphatic heterocycles. The summed E-state index contributed by atoms with van der Waals surface area (Å²) in [7, 11) is -3.56. The number of nitrogens with one attached hydrogen (secondary N) is 1. The minimum atomic E-state index is -3.56. The normalized spacial score (nSPS) is 13.4. The largest absolute Gasteiger partial charge is 0.386 e. The quantitative estimate of drug-likeness (QED) is 0.888. The van der Waals surface area contributed by atoms with Crippen molar-refractivity contribution in [1.29, 1.82) is 0 Å². The average Bonchev–Trinajstić information content (AvgIpc) is 2.83. The van der Waals surface area contributed by atoms with Crippen LogP contribution in [-0.4, -0.2) is 20.1 Å². The molecule has 0 saturated carbocycles. The number of aliphatic hydroxyl groups is 1. The van der Waals surface area contributed by atoms with Gasteiger partial charge in [0, 0.05) is 11.4 Å². The lowest BCUT2D eigenvalue weighted by Crippen LogP contribution is -2.28. The van der Waals surface area contributed by atoms with Crippen LogP contribution in [-0.2, 0) is 10.0 Å². The minimum absolute atomic E-state index is 0.0292. The van der Waals surface area contributed by atoms with E-state index in [2.05, 4.69) is 4.72 Å². The Labute approximate surface area is 116 Å². The van der Waals surface area contributed by atoms with Crippen LogP contribution < -0.4 is 4.72 Å². The van der Waals surface area contributed by atoms with Gasteiger partial charge in [0.25, 0.3) is 0 Å². The molecule has 1 unspecified atom stereocenters. The minimum Gasteiger partial charge on any atom is -0.386 e. The number of rotatable bonds is 5. The lowest BCUT2D eigenvalue weighted by atomic mass is 10.2. The van der Waals surface area contributed by atoms with E-state index in [1.165, 1.54) is 23.5 Å². The Balaban J connectivity index is 2.05. The predicted octanol–water partition coefficient (Wildman–Crippen LogP) is 2.07. The van der Waals surface area contributed by atoms with E-state index in [9.17, 15) is 13.5 Å². The van der Waals surface area contributed by atoms with Crippen molar-refractivity contribution in [3.05, 3.63) is 52.2 Å². The summed E-state index contributed by atoms with van der Waals surface area (Å²) >= 11 is 1.42. The molecule has 1 atom stereocenters. The predicted molar refractivity (Wildman–Crippen MR) is 75.6 cm³/mol. The highest BCUT2D eigenvalue weighted by Gasteiger charge is 2.17. The fourth-order valence-corrected chi connectivity index (χ4v) is 3.66. The summed E-state index contributed by atoms with van der Waals surface area (Å²) < 4.78 is 26.4. The van der Waals surface area contributed by atoms with Crippen LogP contribution in [0.4, 0.5) is 0 Å². The van der Waals surface area contributed by atoms with Crippen molar-refractivity contribution in [2.75, 3.05) is 6.54 Å². The van der Waals surface area contributed by atoms with Gasteiger partial charge < -0.3 is 5.11 Å². The van der Waals surface area contributed by atoms with Crippen LogP contribution in [0, 0.1) is 6.92 Å². The van der Waals surface area contributed by atoms with Crippen molar-refractivity contribution < 1.29 is 13.5 Å². The molecular formula is C13H15NO3S2. The summed E-state index contributed by atoms with van der Waals surface area (Å²) in [6.07, 6.45) is -0.821. The molecule has 102 valence electrons. The van der Waals surface area contributed by atoms with Gasteiger partial charge in [-0.2, -0.15) is 0 Å². The highest BCUT2D eigenvalue weighted by molar-refractivity contribution is 7.89. The van der Waals surface area contributed by atoms with Crippen LogP contribution in [0.2, 0.25) is 0 Å². The molecule has 2 rings (SSSR count). The summed E-state index contributed by atoms with van der Waals surface area (Å²) in [5, 5.41) is 11.9. The first kappa shape index (κ1) is 14.2. The van der Waals surface area contributed by atoms with Crippen LogP contribution in [0.5, 0.6) is 0 Å². The first-order chi connectivity index (χ1) is 9.00. The number of aryl methyl sites for hydroxylation is 1. The molecule has 1 aromatic carbocycles. The fourth-order valence-electron chi connectivity index (χ4n) is 1.69. The van der Waals surface area contributed by atoms with E-state index in [1.54, 1.807) is 18.2 Å². The molecule has 0 spiro atoms. The summed E-state index contributed by atoms with van der Waals surface area (Å²) in [4.78, 5) is 0.987. The van der Waals surface area contributed by atoms with E-state index >= 15 is 0 Å². The van der Waals surface area contributed by atoms with Crippen LogP contribution >= 0.6 is 11.3 Å². The molecule has 2 aromatic rings. The Bertz CT molecular complexity index is 635. The maximum absolute atomic E-state index is 12.0. The molecule has 19 heavy (non-hydrogen) atoms. The van der Waals surface area contributed by atoms with Crippen molar-refractivity contribution in [3.8, 4) is 0 Å². The zero-order chi connectivity index (χ0) is 13.9. The number of benzene rings is 1. The topological polar surface area (TPSA) is 66.4 Å². The van der Waals surface area contributed by atoms with Crippen LogP contribution in [0.3, 0.4) is 0 Å². The van der Waals surface area contributed by atoms with E-state index in [4.69, 9.17) is 0 Å². The number of hydrogen-bond acceptors (Lipinski definition) is 4. The van der Waals surface area contributed by atoms with Gasteiger partial charge in [0.15, 0.2) is 0 Å². The fraction of sp³-hybridized carbons (Fsp3) is 0.231. The Kier molecular flexibility index (Phi) is 4.36. The summed E-state index contributed by atoms with van der Waals surface area (Å²) in [5.41, 5.74) is 0.969. The summed E-state index contributed by atoms with van der Waals surface area (Å²) in [6, 6.07) is 10.0. The van der Waals surface area contributed by atoms with Gasteiger partial charge in [0.2, 0.25) is 10.0 Å². The van der Waals surface area contributed by atoms with Gasteiger partial charge >= 0.3 is 0 Å². The Hall–Kier alpha value is -1.21. The second-order valence-electron chi connectivity index (χ2n) is 4.15. The third-order valence-corrected chi connectivity index (χ3v) is 5.28. The third-order valence-electron chi connectivity index (χ3n) is 2.72. The van der Waals surface area contributed by atoms with Crippen LogP contribution in [0.1, 0.15) is 16.5 Å². The molecule has 0 aliphatic rings. The summed E-state index contributed by atoms with van der Waals surface area (Å²) in [6.45, 7) is 1.86.